The lowest BCUT2D eigenvalue weighted by Gasteiger charge is -2.32. The van der Waals surface area contributed by atoms with Crippen molar-refractivity contribution in [2.75, 3.05) is 45.6 Å². The summed E-state index contributed by atoms with van der Waals surface area (Å²) in [5.74, 6) is 0.180. The van der Waals surface area contributed by atoms with Crippen LogP contribution in [0.2, 0.25) is 0 Å². The number of carbonyl (C=O) groups excluding carboxylic acids is 1. The summed E-state index contributed by atoms with van der Waals surface area (Å²) in [6, 6.07) is 3.77. The Morgan fingerprint density at radius 2 is 2.07 bits per heavy atom. The van der Waals surface area contributed by atoms with Gasteiger partial charge in [-0.3, -0.25) is 0 Å². The van der Waals surface area contributed by atoms with E-state index >= 15 is 0 Å². The predicted molar refractivity (Wildman–Crippen MR) is 116 cm³/mol. The summed E-state index contributed by atoms with van der Waals surface area (Å²) in [6.07, 6.45) is 6.15. The predicted octanol–water partition coefficient (Wildman–Crippen LogP) is 3.34. The number of nitrogen functional groups attached to an aromatic ring is 1. The molecule has 0 spiro atoms. The molecule has 7 heteroatoms. The van der Waals surface area contributed by atoms with E-state index in [0.29, 0.717) is 30.3 Å². The zero-order valence-electron chi connectivity index (χ0n) is 17.0. The smallest absolute Gasteiger partial charge is 0.338 e. The van der Waals surface area contributed by atoms with Crippen LogP contribution in [0.15, 0.2) is 16.6 Å². The number of rotatable bonds is 10. The fourth-order valence-corrected chi connectivity index (χ4v) is 4.37. The molecule has 0 amide bonds. The zero-order chi connectivity index (χ0) is 20.5. The number of anilines is 1. The minimum Gasteiger partial charge on any atom is -0.461 e. The van der Waals surface area contributed by atoms with Crippen LogP contribution >= 0.6 is 15.9 Å². The van der Waals surface area contributed by atoms with Gasteiger partial charge in [0.15, 0.2) is 0 Å². The number of aliphatic hydroxyl groups excluding tert-OH is 1. The van der Waals surface area contributed by atoms with Crippen molar-refractivity contribution < 1.29 is 14.6 Å². The number of hydrogen-bond donors (Lipinski definition) is 3. The molecule has 0 radical (unpaired) electrons. The van der Waals surface area contributed by atoms with E-state index in [1.54, 1.807) is 6.07 Å². The number of likely N-dealkylation sites (N-methyl/N-ethyl adjacent to an activating group) is 1. The number of halogens is 1. The van der Waals surface area contributed by atoms with E-state index in [2.05, 4.69) is 28.2 Å². The minimum atomic E-state index is -0.349. The number of aliphatic hydroxyl groups is 1. The Hall–Kier alpha value is -1.15. The van der Waals surface area contributed by atoms with Crippen LogP contribution < -0.4 is 11.1 Å². The number of ether oxygens (including phenoxy) is 1. The first-order valence-corrected chi connectivity index (χ1v) is 11.1. The Kier molecular flexibility index (Phi) is 9.71. The molecule has 1 aliphatic rings. The Labute approximate surface area is 176 Å². The summed E-state index contributed by atoms with van der Waals surface area (Å²) >= 11 is 3.52. The third kappa shape index (κ3) is 6.44. The summed E-state index contributed by atoms with van der Waals surface area (Å²) in [6.45, 7) is 4.46. The highest BCUT2D eigenvalue weighted by atomic mass is 79.9. The number of nitrogens with zero attached hydrogens (tertiary/aromatic N) is 1. The lowest BCUT2D eigenvalue weighted by atomic mass is 9.80. The van der Waals surface area contributed by atoms with Crippen LogP contribution in [0.3, 0.4) is 0 Å². The minimum absolute atomic E-state index is 0.0890. The fourth-order valence-electron chi connectivity index (χ4n) is 3.89. The summed E-state index contributed by atoms with van der Waals surface area (Å²) in [7, 11) is 1.88. The number of esters is 1. The maximum atomic E-state index is 12.6. The molecule has 158 valence electrons. The van der Waals surface area contributed by atoms with E-state index in [0.717, 1.165) is 16.6 Å². The Morgan fingerprint density at radius 1 is 1.36 bits per heavy atom. The van der Waals surface area contributed by atoms with Crippen molar-refractivity contribution in [2.24, 2.45) is 5.92 Å². The van der Waals surface area contributed by atoms with Crippen LogP contribution in [0.4, 0.5) is 5.69 Å². The monoisotopic (exact) mass is 455 g/mol. The third-order valence-electron chi connectivity index (χ3n) is 5.47. The maximum Gasteiger partial charge on any atom is 0.338 e. The third-order valence-corrected chi connectivity index (χ3v) is 6.12. The molecule has 1 aromatic rings. The summed E-state index contributed by atoms with van der Waals surface area (Å²) < 4.78 is 6.17. The number of nitrogens with two attached hydrogens (primary N) is 1. The Bertz CT molecular complexity index is 636. The molecular weight excluding hydrogens is 422 g/mol. The number of nitrogens with one attached hydrogen (secondary N) is 1. The van der Waals surface area contributed by atoms with Gasteiger partial charge in [0.1, 0.15) is 6.61 Å². The summed E-state index contributed by atoms with van der Waals surface area (Å²) in [4.78, 5) is 14.5. The van der Waals surface area contributed by atoms with Crippen molar-refractivity contribution in [3.63, 3.8) is 0 Å². The molecule has 1 saturated carbocycles. The molecule has 0 saturated heterocycles. The van der Waals surface area contributed by atoms with E-state index in [-0.39, 0.29) is 25.2 Å². The van der Waals surface area contributed by atoms with Gasteiger partial charge >= 0.3 is 5.97 Å². The van der Waals surface area contributed by atoms with E-state index in [4.69, 9.17) is 15.6 Å². The van der Waals surface area contributed by atoms with E-state index in [1.165, 1.54) is 32.1 Å². The van der Waals surface area contributed by atoms with Crippen molar-refractivity contribution >= 4 is 27.6 Å². The van der Waals surface area contributed by atoms with Crippen molar-refractivity contribution in [1.29, 1.82) is 0 Å². The van der Waals surface area contributed by atoms with Crippen molar-refractivity contribution in [2.45, 2.75) is 45.1 Å². The highest BCUT2D eigenvalue weighted by molar-refractivity contribution is 9.10. The Morgan fingerprint density at radius 3 is 2.71 bits per heavy atom. The standard InChI is InChI=1S/C21H34BrN3O3/c1-3-24-20(15-7-5-4-6-8-15)17-13-16(14-18(22)19(17)23)21(27)28-12-10-25(2)9-11-26/h13-15,20,24,26H,3-12,23H2,1-2H3. The van der Waals surface area contributed by atoms with Gasteiger partial charge < -0.3 is 25.8 Å². The second-order valence-electron chi connectivity index (χ2n) is 7.56. The molecule has 1 aliphatic carbocycles. The number of benzene rings is 1. The van der Waals surface area contributed by atoms with Gasteiger partial charge in [-0.25, -0.2) is 4.79 Å². The molecule has 1 unspecified atom stereocenters. The average molecular weight is 456 g/mol. The van der Waals surface area contributed by atoms with Gasteiger partial charge in [0.2, 0.25) is 0 Å². The van der Waals surface area contributed by atoms with Crippen molar-refractivity contribution in [1.82, 2.24) is 10.2 Å². The second kappa shape index (κ2) is 11.8. The van der Waals surface area contributed by atoms with E-state index in [1.807, 2.05) is 18.0 Å². The van der Waals surface area contributed by atoms with Crippen molar-refractivity contribution in [3.8, 4) is 0 Å². The number of carbonyl (C=O) groups is 1. The largest absolute Gasteiger partial charge is 0.461 e. The van der Waals surface area contributed by atoms with Gasteiger partial charge in [-0.1, -0.05) is 26.2 Å². The fraction of sp³-hybridized carbons (Fsp3) is 0.667. The van der Waals surface area contributed by atoms with Crippen LogP contribution in [0.1, 0.15) is 61.0 Å². The molecule has 4 N–H and O–H groups in total. The molecule has 28 heavy (non-hydrogen) atoms. The highest BCUT2D eigenvalue weighted by Crippen LogP contribution is 2.39. The molecule has 2 rings (SSSR count). The number of hydrogen-bond acceptors (Lipinski definition) is 6. The van der Waals surface area contributed by atoms with Crippen LogP contribution in [0.5, 0.6) is 0 Å². The van der Waals surface area contributed by atoms with Gasteiger partial charge in [0.25, 0.3) is 0 Å². The molecule has 1 aromatic carbocycles. The van der Waals surface area contributed by atoms with Gasteiger partial charge in [0.05, 0.1) is 17.9 Å². The van der Waals surface area contributed by atoms with Crippen molar-refractivity contribution in [3.05, 3.63) is 27.7 Å². The molecular formula is C21H34BrN3O3. The van der Waals surface area contributed by atoms with Crippen LogP contribution in [-0.2, 0) is 4.74 Å². The lowest BCUT2D eigenvalue weighted by Crippen LogP contribution is -2.30. The first-order valence-electron chi connectivity index (χ1n) is 10.3. The average Bonchev–Trinajstić information content (AvgIpc) is 2.69. The Balaban J connectivity index is 2.16. The van der Waals surface area contributed by atoms with Gasteiger partial charge in [-0.15, -0.1) is 0 Å². The molecule has 6 nitrogen and oxygen atoms in total. The molecule has 0 aliphatic heterocycles. The zero-order valence-corrected chi connectivity index (χ0v) is 18.6. The second-order valence-corrected chi connectivity index (χ2v) is 8.41. The molecule has 1 fully saturated rings. The van der Waals surface area contributed by atoms with Crippen LogP contribution in [-0.4, -0.2) is 55.9 Å². The van der Waals surface area contributed by atoms with Crippen LogP contribution in [0, 0.1) is 5.92 Å². The SMILES string of the molecule is CCNC(c1cc(C(=O)OCCN(C)CCO)cc(Br)c1N)C1CCCCC1. The van der Waals surface area contributed by atoms with Gasteiger partial charge in [-0.05, 0) is 66.0 Å². The normalized spacial score (nSPS) is 16.3. The molecule has 0 heterocycles. The van der Waals surface area contributed by atoms with Gasteiger partial charge in [-0.2, -0.15) is 0 Å². The first-order chi connectivity index (χ1) is 13.5. The summed E-state index contributed by atoms with van der Waals surface area (Å²) in [5, 5.41) is 12.5. The first kappa shape index (κ1) is 23.1. The van der Waals surface area contributed by atoms with E-state index in [9.17, 15) is 4.79 Å². The molecule has 1 atom stereocenters. The highest BCUT2D eigenvalue weighted by Gasteiger charge is 2.27. The quantitative estimate of drug-likeness (QED) is 0.370. The lowest BCUT2D eigenvalue weighted by molar-refractivity contribution is 0.0467. The maximum absolute atomic E-state index is 12.6. The topological polar surface area (TPSA) is 87.8 Å². The van der Waals surface area contributed by atoms with Gasteiger partial charge in [0, 0.05) is 23.6 Å². The molecule has 0 bridgehead atoms. The summed E-state index contributed by atoms with van der Waals surface area (Å²) in [5.41, 5.74) is 8.58. The van der Waals surface area contributed by atoms with Crippen LogP contribution in [0.25, 0.3) is 0 Å². The van der Waals surface area contributed by atoms with E-state index < -0.39 is 0 Å². The molecule has 0 aromatic heterocycles.